The number of aliphatic hydroxyl groups is 2. The molecule has 160 valence electrons. The van der Waals surface area contributed by atoms with E-state index in [1.165, 1.54) is 0 Å². The van der Waals surface area contributed by atoms with Crippen LogP contribution in [0.5, 0.6) is 0 Å². The molecule has 7 N–H and O–H groups in total. The van der Waals surface area contributed by atoms with Gasteiger partial charge in [0.05, 0.1) is 18.7 Å². The van der Waals surface area contributed by atoms with Crippen molar-refractivity contribution in [3.05, 3.63) is 22.2 Å². The molecule has 29 heavy (non-hydrogen) atoms. The Kier molecular flexibility index (Phi) is 7.75. The van der Waals surface area contributed by atoms with Gasteiger partial charge in [0.1, 0.15) is 30.0 Å². The molecule has 13 nitrogen and oxygen atoms in total. The first-order valence-corrected chi connectivity index (χ1v) is 10.0. The van der Waals surface area contributed by atoms with Crippen molar-refractivity contribution in [1.82, 2.24) is 14.9 Å². The monoisotopic (exact) mass is 452 g/mol. The van der Waals surface area contributed by atoms with E-state index >= 15 is 0 Å². The molecule has 0 bridgehead atoms. The number of hydrogen-bond acceptors (Lipinski definition) is 9. The van der Waals surface area contributed by atoms with Crippen LogP contribution in [-0.2, 0) is 18.6 Å². The summed E-state index contributed by atoms with van der Waals surface area (Å²) in [7, 11) is -4.83. The van der Waals surface area contributed by atoms with Gasteiger partial charge in [-0.15, -0.1) is 11.6 Å². The molecular weight excluding hydrogens is 435 g/mol. The van der Waals surface area contributed by atoms with Gasteiger partial charge in [-0.25, -0.2) is 9.36 Å². The fourth-order valence-electron chi connectivity index (χ4n) is 2.36. The summed E-state index contributed by atoms with van der Waals surface area (Å²) in [6.07, 6.45) is -4.86. The lowest BCUT2D eigenvalue weighted by molar-refractivity contribution is -0.118. The summed E-state index contributed by atoms with van der Waals surface area (Å²) in [4.78, 5) is 44.2. The van der Waals surface area contributed by atoms with E-state index in [4.69, 9.17) is 31.9 Å². The maximum absolute atomic E-state index is 12.1. The minimum Gasteiger partial charge on any atom is -0.387 e. The number of carbonyl (C=O) groups excluding carboxylic acids is 1. The molecule has 2 rings (SSSR count). The molecule has 2 heterocycles. The smallest absolute Gasteiger partial charge is 0.387 e. The van der Waals surface area contributed by atoms with Gasteiger partial charge < -0.3 is 35.8 Å². The molecule has 0 radical (unpaired) electrons. The van der Waals surface area contributed by atoms with Gasteiger partial charge in [-0.3, -0.25) is 13.9 Å². The van der Waals surface area contributed by atoms with Crippen molar-refractivity contribution in [3.63, 3.8) is 0 Å². The van der Waals surface area contributed by atoms with Crippen molar-refractivity contribution in [3.8, 4) is 11.8 Å². The van der Waals surface area contributed by atoms with Crippen LogP contribution < -0.4 is 16.7 Å². The van der Waals surface area contributed by atoms with Gasteiger partial charge in [0.2, 0.25) is 5.91 Å². The molecule has 4 atom stereocenters. The van der Waals surface area contributed by atoms with Crippen molar-refractivity contribution in [2.45, 2.75) is 24.5 Å². The van der Waals surface area contributed by atoms with Gasteiger partial charge >= 0.3 is 13.5 Å². The fraction of sp³-hybridized carbons (Fsp3) is 0.500. The molecular formula is C14H18ClN4O9P. The number of halogens is 1. The number of phosphoric acid groups is 1. The number of ether oxygens (including phenoxy) is 1. The number of aliphatic hydroxyl groups excluding tert-OH is 2. The highest BCUT2D eigenvalue weighted by atomic mass is 35.5. The lowest BCUT2D eigenvalue weighted by Crippen LogP contribution is -2.36. The van der Waals surface area contributed by atoms with E-state index in [-0.39, 0.29) is 23.8 Å². The lowest BCUT2D eigenvalue weighted by atomic mass is 10.1. The van der Waals surface area contributed by atoms with Crippen LogP contribution in [0.25, 0.3) is 0 Å². The van der Waals surface area contributed by atoms with Crippen LogP contribution in [0.3, 0.4) is 0 Å². The van der Waals surface area contributed by atoms with Crippen molar-refractivity contribution >= 4 is 31.1 Å². The van der Waals surface area contributed by atoms with Crippen LogP contribution in [0.2, 0.25) is 0 Å². The van der Waals surface area contributed by atoms with E-state index in [0.717, 1.165) is 10.8 Å². The molecule has 1 aliphatic heterocycles. The summed E-state index contributed by atoms with van der Waals surface area (Å²) >= 11 is 5.33. The number of amides is 1. The van der Waals surface area contributed by atoms with Gasteiger partial charge in [-0.1, -0.05) is 11.8 Å². The Morgan fingerprint density at radius 2 is 2.14 bits per heavy atom. The highest BCUT2D eigenvalue weighted by molar-refractivity contribution is 7.46. The normalized spacial score (nSPS) is 24.0. The van der Waals surface area contributed by atoms with Crippen LogP contribution in [0, 0.1) is 11.8 Å². The van der Waals surface area contributed by atoms with E-state index < -0.39 is 50.6 Å². The maximum Gasteiger partial charge on any atom is 0.469 e. The fourth-order valence-corrected chi connectivity index (χ4v) is 2.79. The number of nitrogens with one attached hydrogen (secondary N) is 1. The average molecular weight is 453 g/mol. The molecule has 0 aromatic carbocycles. The molecule has 0 aliphatic carbocycles. The van der Waals surface area contributed by atoms with E-state index in [1.807, 2.05) is 0 Å². The number of phosphoric ester groups is 1. The number of alkyl halides is 1. The summed E-state index contributed by atoms with van der Waals surface area (Å²) in [6, 6.07) is 0. The summed E-state index contributed by atoms with van der Waals surface area (Å²) in [6.45, 7) is -0.781. The predicted molar refractivity (Wildman–Crippen MR) is 97.4 cm³/mol. The second kappa shape index (κ2) is 9.66. The molecule has 0 spiro atoms. The largest absolute Gasteiger partial charge is 0.469 e. The number of anilines is 1. The molecule has 1 aliphatic rings. The van der Waals surface area contributed by atoms with Crippen molar-refractivity contribution < 1.29 is 38.6 Å². The highest BCUT2D eigenvalue weighted by Gasteiger charge is 2.45. The Bertz CT molecular complexity index is 924. The number of nitrogens with two attached hydrogens (primary N) is 1. The number of carbonyl (C=O) groups is 1. The van der Waals surface area contributed by atoms with Crippen LogP contribution in [0.15, 0.2) is 11.0 Å². The number of aromatic nitrogens is 2. The summed E-state index contributed by atoms with van der Waals surface area (Å²) < 4.78 is 21.2. The molecule has 0 saturated carbocycles. The minimum absolute atomic E-state index is 0.0484. The lowest BCUT2D eigenvalue weighted by Gasteiger charge is -2.17. The Balaban J connectivity index is 2.21. The van der Waals surface area contributed by atoms with Crippen molar-refractivity contribution in [2.24, 2.45) is 0 Å². The van der Waals surface area contributed by atoms with Gasteiger partial charge in [-0.2, -0.15) is 4.98 Å². The van der Waals surface area contributed by atoms with E-state index in [1.54, 1.807) is 0 Å². The third-order valence-electron chi connectivity index (χ3n) is 3.72. The number of rotatable bonds is 6. The third-order valence-corrected chi connectivity index (χ3v) is 4.45. The molecule has 1 amide bonds. The van der Waals surface area contributed by atoms with E-state index in [9.17, 15) is 24.4 Å². The predicted octanol–water partition coefficient (Wildman–Crippen LogP) is -2.74. The third kappa shape index (κ3) is 6.23. The molecule has 15 heteroatoms. The first-order valence-electron chi connectivity index (χ1n) is 7.95. The first-order chi connectivity index (χ1) is 13.5. The van der Waals surface area contributed by atoms with Crippen molar-refractivity contribution in [2.75, 3.05) is 24.8 Å². The average Bonchev–Trinajstić information content (AvgIpc) is 2.92. The number of nitrogen functional groups attached to an aromatic ring is 1. The van der Waals surface area contributed by atoms with E-state index in [2.05, 4.69) is 26.7 Å². The van der Waals surface area contributed by atoms with Gasteiger partial charge in [0.25, 0.3) is 0 Å². The number of hydrogen-bond donors (Lipinski definition) is 6. The van der Waals surface area contributed by atoms with Crippen LogP contribution in [0.4, 0.5) is 5.82 Å². The zero-order valence-corrected chi connectivity index (χ0v) is 16.3. The highest BCUT2D eigenvalue weighted by Crippen LogP contribution is 2.38. The SMILES string of the molecule is Nc1nc(=O)n([C@@H]2O[C@H](COP(=O)(O)O)[C@@H](O)[C@H]2O)cc1C#CCNC(=O)CCl. The second-order valence-electron chi connectivity index (χ2n) is 5.77. The Morgan fingerprint density at radius 1 is 1.45 bits per heavy atom. The Labute approximate surface area is 168 Å². The quantitative estimate of drug-likeness (QED) is 0.148. The van der Waals surface area contributed by atoms with Crippen molar-refractivity contribution in [1.29, 1.82) is 0 Å². The molecule has 1 aromatic heterocycles. The van der Waals surface area contributed by atoms with Gasteiger partial charge in [0.15, 0.2) is 6.23 Å². The topological polar surface area (TPSA) is 206 Å². The summed E-state index contributed by atoms with van der Waals surface area (Å²) in [5.74, 6) is 4.28. The van der Waals surface area contributed by atoms with Gasteiger partial charge in [0, 0.05) is 6.20 Å². The summed E-state index contributed by atoms with van der Waals surface area (Å²) in [5, 5.41) is 22.6. The number of nitrogens with zero attached hydrogens (tertiary/aromatic N) is 2. The molecule has 1 saturated heterocycles. The second-order valence-corrected chi connectivity index (χ2v) is 7.28. The Morgan fingerprint density at radius 3 is 2.76 bits per heavy atom. The zero-order valence-electron chi connectivity index (χ0n) is 14.6. The van der Waals surface area contributed by atoms with E-state index in [0.29, 0.717) is 0 Å². The van der Waals surface area contributed by atoms with Crippen LogP contribution in [0.1, 0.15) is 11.8 Å². The van der Waals surface area contributed by atoms with Crippen LogP contribution >= 0.6 is 19.4 Å². The molecule has 1 fully saturated rings. The zero-order chi connectivity index (χ0) is 21.8. The van der Waals surface area contributed by atoms with Crippen LogP contribution in [-0.4, -0.2) is 72.8 Å². The Hall–Kier alpha value is -2.01. The first kappa shape index (κ1) is 23.3. The summed E-state index contributed by atoms with van der Waals surface area (Å²) in [5.41, 5.74) is 4.80. The molecule has 0 unspecified atom stereocenters. The van der Waals surface area contributed by atoms with Gasteiger partial charge in [-0.05, 0) is 0 Å². The molecule has 1 aromatic rings. The minimum atomic E-state index is -4.83. The standard InChI is InChI=1S/C14H18ClN4O9P/c15-4-9(20)17-3-1-2-7-5-19(14(23)18-12(7)16)13-11(22)10(21)8(28-13)6-27-29(24,25)26/h5,8,10-11,13,21-22H,3-4,6H2,(H,17,20)(H2,16,18,23)(H2,24,25,26)/t8-,10-,11-,13-/m1/s1. The maximum atomic E-state index is 12.1.